The molecule has 0 N–H and O–H groups in total. The monoisotopic (exact) mass is 380 g/mol. The standard InChI is InChI=1S/C16H19N3O6S/c20-13(9-25-10-14(21)22)17-5-6-18-12(8-17)15(23)19(16(18)24)4-3-11-2-1-7-26-11/h1-2,7,12H,3-6,8-10H2,(H,21,22)/p-1/t12-/m1/s1. The molecular weight excluding hydrogens is 362 g/mol. The molecule has 1 aromatic heterocycles. The van der Waals surface area contributed by atoms with Crippen LogP contribution in [0.4, 0.5) is 4.79 Å². The van der Waals surface area contributed by atoms with E-state index in [-0.39, 0.29) is 31.6 Å². The Kier molecular flexibility index (Phi) is 5.52. The number of ether oxygens (including phenoxy) is 1. The fourth-order valence-corrected chi connectivity index (χ4v) is 3.77. The lowest BCUT2D eigenvalue weighted by Gasteiger charge is -2.35. The quantitative estimate of drug-likeness (QED) is 0.534. The third kappa shape index (κ3) is 3.86. The highest BCUT2D eigenvalue weighted by Crippen LogP contribution is 2.23. The molecule has 26 heavy (non-hydrogen) atoms. The second-order valence-corrected chi connectivity index (χ2v) is 7.05. The summed E-state index contributed by atoms with van der Waals surface area (Å²) in [4.78, 5) is 52.7. The summed E-state index contributed by atoms with van der Waals surface area (Å²) in [6.07, 6.45) is 0.607. The van der Waals surface area contributed by atoms with Gasteiger partial charge in [0, 0.05) is 24.5 Å². The Morgan fingerprint density at radius 3 is 2.77 bits per heavy atom. The van der Waals surface area contributed by atoms with Gasteiger partial charge in [-0.25, -0.2) is 4.79 Å². The summed E-state index contributed by atoms with van der Waals surface area (Å²) in [7, 11) is 0. The number of carboxylic acid groups (broad SMARTS) is 1. The Bertz CT molecular complexity index is 707. The number of carbonyl (C=O) groups excluding carboxylic acids is 4. The fourth-order valence-electron chi connectivity index (χ4n) is 3.07. The van der Waals surface area contributed by atoms with Crippen LogP contribution >= 0.6 is 11.3 Å². The maximum atomic E-state index is 12.6. The average Bonchev–Trinajstić information content (AvgIpc) is 3.21. The van der Waals surface area contributed by atoms with Gasteiger partial charge in [-0.2, -0.15) is 0 Å². The van der Waals surface area contributed by atoms with Gasteiger partial charge in [-0.05, 0) is 17.9 Å². The summed E-state index contributed by atoms with van der Waals surface area (Å²) >= 11 is 1.57. The molecule has 2 aliphatic heterocycles. The number of amides is 4. The topological polar surface area (TPSA) is 110 Å². The van der Waals surface area contributed by atoms with Crippen LogP contribution in [0.1, 0.15) is 4.88 Å². The average molecular weight is 380 g/mol. The number of hydrogen-bond donors (Lipinski definition) is 0. The lowest BCUT2D eigenvalue weighted by molar-refractivity contribution is -0.309. The molecule has 0 saturated carbocycles. The Morgan fingerprint density at radius 2 is 2.08 bits per heavy atom. The van der Waals surface area contributed by atoms with Crippen molar-refractivity contribution in [3.05, 3.63) is 22.4 Å². The number of aliphatic carboxylic acids is 1. The molecule has 0 aromatic carbocycles. The van der Waals surface area contributed by atoms with E-state index < -0.39 is 31.1 Å². The van der Waals surface area contributed by atoms with Gasteiger partial charge in [0.1, 0.15) is 12.6 Å². The molecule has 0 radical (unpaired) electrons. The van der Waals surface area contributed by atoms with Gasteiger partial charge in [-0.15, -0.1) is 11.3 Å². The maximum Gasteiger partial charge on any atom is 0.327 e. The zero-order valence-corrected chi connectivity index (χ0v) is 14.8. The van der Waals surface area contributed by atoms with Crippen LogP contribution in [0.25, 0.3) is 0 Å². The van der Waals surface area contributed by atoms with Gasteiger partial charge in [0.2, 0.25) is 5.91 Å². The van der Waals surface area contributed by atoms with E-state index in [0.717, 1.165) is 4.88 Å². The zero-order chi connectivity index (χ0) is 18.7. The Balaban J connectivity index is 1.56. The van der Waals surface area contributed by atoms with Crippen LogP contribution in [-0.2, 0) is 25.5 Å². The molecule has 1 atom stereocenters. The van der Waals surface area contributed by atoms with E-state index in [0.29, 0.717) is 13.0 Å². The maximum absolute atomic E-state index is 12.6. The number of carboxylic acids is 1. The highest BCUT2D eigenvalue weighted by molar-refractivity contribution is 7.09. The molecule has 0 spiro atoms. The van der Waals surface area contributed by atoms with Crippen molar-refractivity contribution in [2.45, 2.75) is 12.5 Å². The summed E-state index contributed by atoms with van der Waals surface area (Å²) in [5, 5.41) is 12.3. The number of piperazine rings is 1. The number of hydrogen-bond acceptors (Lipinski definition) is 7. The molecule has 9 nitrogen and oxygen atoms in total. The lowest BCUT2D eigenvalue weighted by atomic mass is 10.2. The van der Waals surface area contributed by atoms with Crippen LogP contribution in [0.15, 0.2) is 17.5 Å². The normalized spacial score (nSPS) is 19.8. The molecule has 4 amide bonds. The second kappa shape index (κ2) is 7.83. The van der Waals surface area contributed by atoms with Crippen molar-refractivity contribution in [1.29, 1.82) is 0 Å². The molecular formula is C16H18N3O6S-. The predicted octanol–water partition coefficient (Wildman–Crippen LogP) is -1.47. The number of thiophene rings is 1. The smallest absolute Gasteiger partial charge is 0.327 e. The van der Waals surface area contributed by atoms with E-state index in [1.54, 1.807) is 11.3 Å². The van der Waals surface area contributed by atoms with E-state index in [1.807, 2.05) is 17.5 Å². The van der Waals surface area contributed by atoms with Crippen molar-refractivity contribution in [3.63, 3.8) is 0 Å². The van der Waals surface area contributed by atoms with Crippen LogP contribution in [-0.4, -0.2) is 83.9 Å². The predicted molar refractivity (Wildman–Crippen MR) is 88.0 cm³/mol. The first-order valence-electron chi connectivity index (χ1n) is 8.17. The first-order chi connectivity index (χ1) is 12.5. The number of urea groups is 1. The Morgan fingerprint density at radius 1 is 1.27 bits per heavy atom. The van der Waals surface area contributed by atoms with Crippen molar-refractivity contribution >= 4 is 35.2 Å². The minimum atomic E-state index is -1.40. The summed E-state index contributed by atoms with van der Waals surface area (Å²) in [5.41, 5.74) is 0. The first kappa shape index (κ1) is 18.3. The molecule has 1 aromatic rings. The summed E-state index contributed by atoms with van der Waals surface area (Å²) in [6.45, 7) is -0.117. The third-order valence-corrected chi connectivity index (χ3v) is 5.30. The van der Waals surface area contributed by atoms with E-state index in [4.69, 9.17) is 4.74 Å². The highest BCUT2D eigenvalue weighted by atomic mass is 32.1. The van der Waals surface area contributed by atoms with Gasteiger partial charge in [-0.3, -0.25) is 14.5 Å². The first-order valence-corrected chi connectivity index (χ1v) is 9.05. The van der Waals surface area contributed by atoms with Crippen LogP contribution in [0.5, 0.6) is 0 Å². The van der Waals surface area contributed by atoms with Crippen molar-refractivity contribution in [3.8, 4) is 0 Å². The summed E-state index contributed by atoms with van der Waals surface area (Å²) < 4.78 is 4.74. The zero-order valence-electron chi connectivity index (χ0n) is 14.0. The Labute approximate surface area is 153 Å². The van der Waals surface area contributed by atoms with Crippen molar-refractivity contribution in [2.75, 3.05) is 39.4 Å². The van der Waals surface area contributed by atoms with Gasteiger partial charge in [-0.1, -0.05) is 6.07 Å². The van der Waals surface area contributed by atoms with Crippen molar-refractivity contribution in [2.24, 2.45) is 0 Å². The van der Waals surface area contributed by atoms with Crippen LogP contribution in [0, 0.1) is 0 Å². The summed E-state index contributed by atoms with van der Waals surface area (Å²) in [6, 6.07) is 2.86. The van der Waals surface area contributed by atoms with Crippen LogP contribution < -0.4 is 5.11 Å². The van der Waals surface area contributed by atoms with Gasteiger partial charge in [0.25, 0.3) is 5.91 Å². The minimum Gasteiger partial charge on any atom is -0.548 e. The van der Waals surface area contributed by atoms with Gasteiger partial charge in [0.05, 0.1) is 19.1 Å². The Hall–Kier alpha value is -2.46. The van der Waals surface area contributed by atoms with E-state index >= 15 is 0 Å². The SMILES string of the molecule is O=C([O-])COCC(=O)N1CCN2C(=O)N(CCc3cccs3)C(=O)[C@H]2C1. The molecule has 2 fully saturated rings. The molecule has 0 unspecified atom stereocenters. The number of fused-ring (bicyclic) bond motifs is 1. The van der Waals surface area contributed by atoms with E-state index in [1.165, 1.54) is 14.7 Å². The molecule has 2 aliphatic rings. The summed E-state index contributed by atoms with van der Waals surface area (Å²) in [5.74, 6) is -2.12. The molecule has 0 aliphatic carbocycles. The third-order valence-electron chi connectivity index (χ3n) is 4.37. The molecule has 2 saturated heterocycles. The van der Waals surface area contributed by atoms with Crippen LogP contribution in [0.3, 0.4) is 0 Å². The molecule has 0 bridgehead atoms. The lowest BCUT2D eigenvalue weighted by Crippen LogP contribution is -2.55. The molecule has 10 heteroatoms. The van der Waals surface area contributed by atoms with E-state index in [2.05, 4.69) is 0 Å². The molecule has 3 heterocycles. The fraction of sp³-hybridized carbons (Fsp3) is 0.500. The molecule has 140 valence electrons. The molecule has 3 rings (SSSR count). The van der Waals surface area contributed by atoms with Crippen molar-refractivity contribution < 1.29 is 29.0 Å². The van der Waals surface area contributed by atoms with Gasteiger partial charge >= 0.3 is 6.03 Å². The highest BCUT2D eigenvalue weighted by Gasteiger charge is 2.47. The minimum absolute atomic E-state index is 0.0909. The largest absolute Gasteiger partial charge is 0.548 e. The number of nitrogens with zero attached hydrogens (tertiary/aromatic N) is 3. The number of imide groups is 1. The van der Waals surface area contributed by atoms with E-state index in [9.17, 15) is 24.3 Å². The van der Waals surface area contributed by atoms with Gasteiger partial charge < -0.3 is 24.4 Å². The number of carbonyl (C=O) groups is 4. The second-order valence-electron chi connectivity index (χ2n) is 6.02. The van der Waals surface area contributed by atoms with Crippen LogP contribution in [0.2, 0.25) is 0 Å². The van der Waals surface area contributed by atoms with Gasteiger partial charge in [0.15, 0.2) is 0 Å². The van der Waals surface area contributed by atoms with Crippen molar-refractivity contribution in [1.82, 2.24) is 14.7 Å². The number of rotatable bonds is 7.